The lowest BCUT2D eigenvalue weighted by Gasteiger charge is -2.34. The van der Waals surface area contributed by atoms with Crippen molar-refractivity contribution in [2.75, 3.05) is 25.5 Å². The van der Waals surface area contributed by atoms with Gasteiger partial charge in [-0.2, -0.15) is 0 Å². The number of nitrogens with zero attached hydrogens (tertiary/aromatic N) is 1. The number of benzene rings is 1. The van der Waals surface area contributed by atoms with E-state index in [0.717, 1.165) is 12.8 Å². The van der Waals surface area contributed by atoms with E-state index in [-0.39, 0.29) is 17.7 Å². The average Bonchev–Trinajstić information content (AvgIpc) is 2.55. The molecule has 2 rings (SSSR count). The smallest absolute Gasteiger partial charge is 0.410 e. The molecule has 2 amide bonds. The summed E-state index contributed by atoms with van der Waals surface area (Å²) in [5, 5.41) is 3.75. The number of piperidine rings is 1. The lowest BCUT2D eigenvalue weighted by atomic mass is 10.0. The highest BCUT2D eigenvalue weighted by Gasteiger charge is 2.27. The summed E-state index contributed by atoms with van der Waals surface area (Å²) in [7, 11) is 1.47. The van der Waals surface area contributed by atoms with Crippen LogP contribution < -0.4 is 15.8 Å². The summed E-state index contributed by atoms with van der Waals surface area (Å²) in [5.41, 5.74) is 5.74. The molecule has 1 saturated heterocycles. The number of primary amides is 1. The van der Waals surface area contributed by atoms with Crippen LogP contribution in [0.2, 0.25) is 5.02 Å². The van der Waals surface area contributed by atoms with Gasteiger partial charge in [0.2, 0.25) is 0 Å². The number of nitrogens with one attached hydrogen (secondary N) is 1. The van der Waals surface area contributed by atoms with Crippen LogP contribution in [0.15, 0.2) is 12.1 Å². The molecule has 3 N–H and O–H groups in total. The number of nitrogens with two attached hydrogens (primary N) is 1. The summed E-state index contributed by atoms with van der Waals surface area (Å²) >= 11 is 6.26. The second-order valence-corrected chi connectivity index (χ2v) is 7.69. The van der Waals surface area contributed by atoms with Crippen molar-refractivity contribution in [2.24, 2.45) is 5.73 Å². The van der Waals surface area contributed by atoms with Crippen molar-refractivity contribution in [3.63, 3.8) is 0 Å². The molecule has 1 fully saturated rings. The van der Waals surface area contributed by atoms with Crippen LogP contribution in [0.1, 0.15) is 44.0 Å². The van der Waals surface area contributed by atoms with Crippen molar-refractivity contribution in [3.8, 4) is 5.75 Å². The van der Waals surface area contributed by atoms with Crippen molar-refractivity contribution in [1.29, 1.82) is 0 Å². The van der Waals surface area contributed by atoms with Gasteiger partial charge in [-0.15, -0.1) is 0 Å². The van der Waals surface area contributed by atoms with Gasteiger partial charge in [0, 0.05) is 25.2 Å². The van der Waals surface area contributed by atoms with Crippen LogP contribution >= 0.6 is 11.6 Å². The number of anilines is 1. The summed E-state index contributed by atoms with van der Waals surface area (Å²) < 4.78 is 10.6. The number of rotatable bonds is 4. The van der Waals surface area contributed by atoms with Crippen LogP contribution in [0.25, 0.3) is 0 Å². The van der Waals surface area contributed by atoms with E-state index in [1.54, 1.807) is 11.0 Å². The number of halogens is 1. The molecule has 0 spiro atoms. The van der Waals surface area contributed by atoms with Crippen LogP contribution in [0, 0.1) is 0 Å². The summed E-state index contributed by atoms with van der Waals surface area (Å²) in [6.07, 6.45) is 1.23. The number of ether oxygens (including phenoxy) is 2. The molecular formula is C18H26ClN3O4. The van der Waals surface area contributed by atoms with Crippen LogP contribution in [0.5, 0.6) is 5.75 Å². The van der Waals surface area contributed by atoms with E-state index >= 15 is 0 Å². The molecule has 1 aromatic carbocycles. The molecule has 1 heterocycles. The highest BCUT2D eigenvalue weighted by atomic mass is 35.5. The molecule has 1 aliphatic rings. The van der Waals surface area contributed by atoms with Gasteiger partial charge in [0.15, 0.2) is 0 Å². The van der Waals surface area contributed by atoms with Crippen LogP contribution in [0.4, 0.5) is 10.5 Å². The number of amides is 2. The molecule has 0 unspecified atom stereocenters. The molecule has 0 atom stereocenters. The predicted octanol–water partition coefficient (Wildman–Crippen LogP) is 3.26. The number of likely N-dealkylation sites (tertiary alicyclic amines) is 1. The Kier molecular flexibility index (Phi) is 6.23. The Morgan fingerprint density at radius 2 is 1.88 bits per heavy atom. The maximum absolute atomic E-state index is 12.1. The van der Waals surface area contributed by atoms with E-state index < -0.39 is 11.5 Å². The van der Waals surface area contributed by atoms with E-state index in [1.807, 2.05) is 20.8 Å². The topological polar surface area (TPSA) is 93.9 Å². The van der Waals surface area contributed by atoms with Crippen LogP contribution in [-0.2, 0) is 4.74 Å². The fraction of sp³-hybridized carbons (Fsp3) is 0.556. The van der Waals surface area contributed by atoms with E-state index in [2.05, 4.69) is 5.32 Å². The minimum atomic E-state index is -0.596. The molecule has 0 radical (unpaired) electrons. The van der Waals surface area contributed by atoms with E-state index in [4.69, 9.17) is 26.8 Å². The van der Waals surface area contributed by atoms with Gasteiger partial charge in [-0.25, -0.2) is 4.79 Å². The molecule has 0 saturated carbocycles. The van der Waals surface area contributed by atoms with Gasteiger partial charge in [-0.3, -0.25) is 4.79 Å². The summed E-state index contributed by atoms with van der Waals surface area (Å²) in [6, 6.07) is 3.32. The Bertz CT molecular complexity index is 680. The number of hydrogen-bond acceptors (Lipinski definition) is 5. The van der Waals surface area contributed by atoms with E-state index in [9.17, 15) is 9.59 Å². The predicted molar refractivity (Wildman–Crippen MR) is 101 cm³/mol. The average molecular weight is 384 g/mol. The normalized spacial score (nSPS) is 15.5. The fourth-order valence-electron chi connectivity index (χ4n) is 2.78. The first-order valence-corrected chi connectivity index (χ1v) is 8.90. The maximum Gasteiger partial charge on any atom is 0.410 e. The first-order valence-electron chi connectivity index (χ1n) is 8.52. The van der Waals surface area contributed by atoms with Crippen molar-refractivity contribution >= 4 is 29.3 Å². The second-order valence-electron chi connectivity index (χ2n) is 7.28. The third-order valence-electron chi connectivity index (χ3n) is 4.06. The monoisotopic (exact) mass is 383 g/mol. The van der Waals surface area contributed by atoms with Gasteiger partial charge in [-0.1, -0.05) is 11.6 Å². The standard InChI is InChI=1S/C18H26ClN3O4/c1-18(2,3)26-17(24)22-7-5-11(6-8-22)21-14-10-15(25-4)12(16(20)23)9-13(14)19/h9-11,21H,5-8H2,1-4H3,(H2,20,23). The van der Waals surface area contributed by atoms with Gasteiger partial charge >= 0.3 is 6.09 Å². The number of hydrogen-bond donors (Lipinski definition) is 2. The van der Waals surface area contributed by atoms with Crippen molar-refractivity contribution < 1.29 is 19.1 Å². The van der Waals surface area contributed by atoms with Gasteiger partial charge in [0.25, 0.3) is 5.91 Å². The Balaban J connectivity index is 1.99. The number of methoxy groups -OCH3 is 1. The molecule has 0 aromatic heterocycles. The molecule has 0 bridgehead atoms. The van der Waals surface area contributed by atoms with Gasteiger partial charge in [0.05, 0.1) is 23.4 Å². The quantitative estimate of drug-likeness (QED) is 0.832. The maximum atomic E-state index is 12.1. The number of carbonyl (C=O) groups is 2. The molecule has 1 aromatic rings. The first-order chi connectivity index (χ1) is 12.1. The van der Waals surface area contributed by atoms with Gasteiger partial charge in [0.1, 0.15) is 11.4 Å². The highest BCUT2D eigenvalue weighted by Crippen LogP contribution is 2.32. The van der Waals surface area contributed by atoms with Gasteiger partial charge < -0.3 is 25.4 Å². The lowest BCUT2D eigenvalue weighted by molar-refractivity contribution is 0.0210. The Hall–Kier alpha value is -2.15. The largest absolute Gasteiger partial charge is 0.496 e. The molecule has 144 valence electrons. The summed E-state index contributed by atoms with van der Waals surface area (Å²) in [4.78, 5) is 25.3. The third-order valence-corrected chi connectivity index (χ3v) is 4.37. The second kappa shape index (κ2) is 8.03. The van der Waals surface area contributed by atoms with Crippen molar-refractivity contribution in [1.82, 2.24) is 4.90 Å². The fourth-order valence-corrected chi connectivity index (χ4v) is 3.00. The van der Waals surface area contributed by atoms with E-state index in [0.29, 0.717) is 29.5 Å². The first kappa shape index (κ1) is 20.2. The highest BCUT2D eigenvalue weighted by molar-refractivity contribution is 6.33. The minimum absolute atomic E-state index is 0.148. The third kappa shape index (κ3) is 5.17. The van der Waals surface area contributed by atoms with Crippen LogP contribution in [0.3, 0.4) is 0 Å². The zero-order chi connectivity index (χ0) is 19.5. The SMILES string of the molecule is COc1cc(NC2CCN(C(=O)OC(C)(C)C)CC2)c(Cl)cc1C(N)=O. The minimum Gasteiger partial charge on any atom is -0.496 e. The Labute approximate surface area is 158 Å². The Morgan fingerprint density at radius 1 is 1.27 bits per heavy atom. The molecule has 1 aliphatic heterocycles. The van der Waals surface area contributed by atoms with E-state index in [1.165, 1.54) is 13.2 Å². The van der Waals surface area contributed by atoms with Crippen LogP contribution in [-0.4, -0.2) is 48.7 Å². The summed E-state index contributed by atoms with van der Waals surface area (Å²) in [6.45, 7) is 6.75. The summed E-state index contributed by atoms with van der Waals surface area (Å²) in [5.74, 6) is -0.225. The molecule has 26 heavy (non-hydrogen) atoms. The zero-order valence-corrected chi connectivity index (χ0v) is 16.4. The zero-order valence-electron chi connectivity index (χ0n) is 15.6. The van der Waals surface area contributed by atoms with Gasteiger partial charge in [-0.05, 0) is 39.7 Å². The molecule has 0 aliphatic carbocycles. The molecular weight excluding hydrogens is 358 g/mol. The van der Waals surface area contributed by atoms with Crippen molar-refractivity contribution in [2.45, 2.75) is 45.3 Å². The van der Waals surface area contributed by atoms with Crippen molar-refractivity contribution in [3.05, 3.63) is 22.7 Å². The lowest BCUT2D eigenvalue weighted by Crippen LogP contribution is -2.44. The molecule has 8 heteroatoms. The Morgan fingerprint density at radius 3 is 2.38 bits per heavy atom. The number of carbonyl (C=O) groups excluding carboxylic acids is 2. The molecule has 7 nitrogen and oxygen atoms in total.